The first kappa shape index (κ1) is 17.1. The second-order valence-electron chi connectivity index (χ2n) is 5.62. The summed E-state index contributed by atoms with van der Waals surface area (Å²) in [6.07, 6.45) is 0. The van der Waals surface area contributed by atoms with Gasteiger partial charge < -0.3 is 15.3 Å². The molecule has 1 rings (SSSR count). The number of likely N-dealkylation sites (N-methyl/N-ethyl adjacent to an activating group) is 1. The summed E-state index contributed by atoms with van der Waals surface area (Å²) in [4.78, 5) is 24.3. The van der Waals surface area contributed by atoms with E-state index in [4.69, 9.17) is 0 Å². The van der Waals surface area contributed by atoms with E-state index in [1.165, 1.54) is 25.1 Å². The second kappa shape index (κ2) is 6.64. The Hall–Kier alpha value is -1.99. The molecule has 0 saturated heterocycles. The summed E-state index contributed by atoms with van der Waals surface area (Å²) in [6.45, 7) is 3.60. The van der Waals surface area contributed by atoms with Gasteiger partial charge in [0.15, 0.2) is 0 Å². The number of benzene rings is 1. The van der Waals surface area contributed by atoms with Crippen molar-refractivity contribution in [3.8, 4) is 0 Å². The van der Waals surface area contributed by atoms with Crippen molar-refractivity contribution in [3.63, 3.8) is 0 Å². The van der Waals surface area contributed by atoms with Crippen LogP contribution >= 0.6 is 0 Å². The molecule has 1 amide bonds. The lowest BCUT2D eigenvalue weighted by Crippen LogP contribution is -2.47. The third kappa shape index (κ3) is 4.80. The van der Waals surface area contributed by atoms with Crippen molar-refractivity contribution >= 4 is 11.6 Å². The summed E-state index contributed by atoms with van der Waals surface area (Å²) in [5.74, 6) is -0.435. The lowest BCUT2D eigenvalue weighted by atomic mass is 10.0. The van der Waals surface area contributed by atoms with E-state index in [-0.39, 0.29) is 17.8 Å². The third-order valence-corrected chi connectivity index (χ3v) is 3.03. The summed E-state index contributed by atoms with van der Waals surface area (Å²) < 4.78 is 0. The Morgan fingerprint density at radius 1 is 1.48 bits per heavy atom. The Morgan fingerprint density at radius 3 is 2.62 bits per heavy atom. The normalized spacial score (nSPS) is 13.8. The molecule has 0 heterocycles. The van der Waals surface area contributed by atoms with Crippen LogP contribution in [0.25, 0.3) is 0 Å². The lowest BCUT2D eigenvalue weighted by Gasteiger charge is -2.27. The Morgan fingerprint density at radius 2 is 2.10 bits per heavy atom. The van der Waals surface area contributed by atoms with Gasteiger partial charge in [-0.3, -0.25) is 14.9 Å². The molecule has 21 heavy (non-hydrogen) atoms. The van der Waals surface area contributed by atoms with Crippen molar-refractivity contribution < 1.29 is 14.8 Å². The highest BCUT2D eigenvalue weighted by molar-refractivity contribution is 5.96. The van der Waals surface area contributed by atoms with Crippen LogP contribution in [0, 0.1) is 17.0 Å². The van der Waals surface area contributed by atoms with Crippen molar-refractivity contribution in [2.24, 2.45) is 0 Å². The molecule has 0 bridgehead atoms. The number of amides is 1. The molecule has 0 aliphatic rings. The van der Waals surface area contributed by atoms with Crippen LogP contribution in [-0.2, 0) is 0 Å². The summed E-state index contributed by atoms with van der Waals surface area (Å²) >= 11 is 0. The minimum absolute atomic E-state index is 0.0617. The third-order valence-electron chi connectivity index (χ3n) is 3.03. The summed E-state index contributed by atoms with van der Waals surface area (Å²) in [7, 11) is 3.64. The van der Waals surface area contributed by atoms with Crippen molar-refractivity contribution in [3.05, 3.63) is 39.4 Å². The van der Waals surface area contributed by atoms with Gasteiger partial charge in [0.25, 0.3) is 11.6 Å². The fraction of sp³-hybridized carbons (Fsp3) is 0.500. The number of hydrogen-bond donors (Lipinski definition) is 2. The Balaban J connectivity index is 2.82. The van der Waals surface area contributed by atoms with Gasteiger partial charge in [-0.25, -0.2) is 0 Å². The summed E-state index contributed by atoms with van der Waals surface area (Å²) in [5, 5.41) is 23.6. The van der Waals surface area contributed by atoms with Gasteiger partial charge in [0, 0.05) is 30.3 Å². The van der Waals surface area contributed by atoms with Crippen molar-refractivity contribution in [2.75, 3.05) is 27.2 Å². The predicted molar refractivity (Wildman–Crippen MR) is 79.3 cm³/mol. The molecule has 0 saturated carbocycles. The van der Waals surface area contributed by atoms with Crippen LogP contribution in [0.5, 0.6) is 0 Å². The summed E-state index contributed by atoms with van der Waals surface area (Å²) in [5.41, 5.74) is -0.617. The minimum atomic E-state index is -1.08. The van der Waals surface area contributed by atoms with Crippen molar-refractivity contribution in [2.45, 2.75) is 19.4 Å². The Bertz CT molecular complexity index is 541. The Kier molecular flexibility index (Phi) is 5.40. The first-order valence-corrected chi connectivity index (χ1v) is 6.53. The van der Waals surface area contributed by atoms with Gasteiger partial charge in [-0.05, 0) is 34.0 Å². The maximum absolute atomic E-state index is 12.1. The molecule has 0 radical (unpaired) electrons. The zero-order valence-corrected chi connectivity index (χ0v) is 12.7. The maximum atomic E-state index is 12.1. The van der Waals surface area contributed by atoms with E-state index in [1.54, 1.807) is 6.92 Å². The fourth-order valence-electron chi connectivity index (χ4n) is 2.17. The molecular formula is C14H21N3O4. The van der Waals surface area contributed by atoms with Gasteiger partial charge in [-0.15, -0.1) is 0 Å². The number of nitro benzene ring substituents is 1. The van der Waals surface area contributed by atoms with E-state index < -0.39 is 16.4 Å². The molecule has 2 N–H and O–H groups in total. The highest BCUT2D eigenvalue weighted by Gasteiger charge is 2.24. The number of nitro groups is 1. The number of nitrogens with zero attached hydrogens (tertiary/aromatic N) is 2. The van der Waals surface area contributed by atoms with E-state index in [9.17, 15) is 20.0 Å². The predicted octanol–water partition coefficient (Wildman–Crippen LogP) is 0.946. The van der Waals surface area contributed by atoms with Gasteiger partial charge in [-0.1, -0.05) is 6.07 Å². The topological polar surface area (TPSA) is 95.7 Å². The molecule has 0 fully saturated rings. The number of nitrogens with one attached hydrogen (secondary N) is 1. The van der Waals surface area contributed by atoms with Crippen LogP contribution < -0.4 is 5.32 Å². The number of hydrogen-bond acceptors (Lipinski definition) is 5. The van der Waals surface area contributed by atoms with E-state index in [0.717, 1.165) is 0 Å². The molecule has 1 atom stereocenters. The SMILES string of the molecule is Cc1c(C(=O)NCC(C)(O)CN(C)C)cccc1[N+](=O)[O-]. The molecule has 0 aromatic heterocycles. The van der Waals surface area contributed by atoms with Crippen LogP contribution in [-0.4, -0.2) is 53.6 Å². The van der Waals surface area contributed by atoms with Gasteiger partial charge in [0.2, 0.25) is 0 Å². The van der Waals surface area contributed by atoms with Crippen LogP contribution in [0.2, 0.25) is 0 Å². The van der Waals surface area contributed by atoms with E-state index in [2.05, 4.69) is 5.32 Å². The largest absolute Gasteiger partial charge is 0.387 e. The van der Waals surface area contributed by atoms with Crippen LogP contribution in [0.1, 0.15) is 22.8 Å². The van der Waals surface area contributed by atoms with E-state index in [0.29, 0.717) is 12.1 Å². The zero-order valence-electron chi connectivity index (χ0n) is 12.7. The first-order valence-electron chi connectivity index (χ1n) is 6.53. The molecule has 116 valence electrons. The number of rotatable bonds is 6. The maximum Gasteiger partial charge on any atom is 0.273 e. The van der Waals surface area contributed by atoms with E-state index in [1.807, 2.05) is 19.0 Å². The molecule has 7 nitrogen and oxygen atoms in total. The highest BCUT2D eigenvalue weighted by Crippen LogP contribution is 2.21. The fourth-order valence-corrected chi connectivity index (χ4v) is 2.17. The molecule has 1 aromatic carbocycles. The Labute approximate surface area is 123 Å². The average molecular weight is 295 g/mol. The number of aliphatic hydroxyl groups is 1. The standard InChI is InChI=1S/C14H21N3O4/c1-10-11(6-5-7-12(10)17(20)21)13(18)15-8-14(2,19)9-16(3)4/h5-7,19H,8-9H2,1-4H3,(H,15,18). The van der Waals surface area contributed by atoms with Crippen LogP contribution in [0.4, 0.5) is 5.69 Å². The molecule has 0 aliphatic heterocycles. The van der Waals surface area contributed by atoms with Gasteiger partial charge >= 0.3 is 0 Å². The minimum Gasteiger partial charge on any atom is -0.387 e. The van der Waals surface area contributed by atoms with E-state index >= 15 is 0 Å². The molecule has 7 heteroatoms. The van der Waals surface area contributed by atoms with Crippen LogP contribution in [0.15, 0.2) is 18.2 Å². The molecule has 1 aromatic rings. The second-order valence-corrected chi connectivity index (χ2v) is 5.62. The summed E-state index contributed by atoms with van der Waals surface area (Å²) in [6, 6.07) is 4.35. The van der Waals surface area contributed by atoms with Gasteiger partial charge in [0.05, 0.1) is 10.5 Å². The van der Waals surface area contributed by atoms with Crippen molar-refractivity contribution in [1.29, 1.82) is 0 Å². The lowest BCUT2D eigenvalue weighted by molar-refractivity contribution is -0.385. The first-order chi connectivity index (χ1) is 9.64. The van der Waals surface area contributed by atoms with Gasteiger partial charge in [0.1, 0.15) is 0 Å². The number of carbonyl (C=O) groups is 1. The monoisotopic (exact) mass is 295 g/mol. The average Bonchev–Trinajstić information content (AvgIpc) is 2.34. The van der Waals surface area contributed by atoms with Crippen molar-refractivity contribution in [1.82, 2.24) is 10.2 Å². The quantitative estimate of drug-likeness (QED) is 0.601. The van der Waals surface area contributed by atoms with Crippen LogP contribution in [0.3, 0.4) is 0 Å². The highest BCUT2D eigenvalue weighted by atomic mass is 16.6. The molecule has 0 aliphatic carbocycles. The van der Waals surface area contributed by atoms with Gasteiger partial charge in [-0.2, -0.15) is 0 Å². The molecule has 1 unspecified atom stereocenters. The zero-order chi connectivity index (χ0) is 16.2. The smallest absolute Gasteiger partial charge is 0.273 e. The molecular weight excluding hydrogens is 274 g/mol. The molecule has 0 spiro atoms. The number of carbonyl (C=O) groups excluding carboxylic acids is 1.